The molecule has 2 heterocycles. The van der Waals surface area contributed by atoms with Crippen LogP contribution in [0.15, 0.2) is 48.7 Å². The van der Waals surface area contributed by atoms with E-state index in [0.29, 0.717) is 0 Å². The number of aromatic nitrogens is 2. The highest BCUT2D eigenvalue weighted by Crippen LogP contribution is 2.13. The number of hydrogen-bond acceptors (Lipinski definition) is 3. The highest BCUT2D eigenvalue weighted by atomic mass is 16.5. The molecule has 20 heavy (non-hydrogen) atoms. The van der Waals surface area contributed by atoms with Gasteiger partial charge >= 0.3 is 0 Å². The Labute approximate surface area is 117 Å². The summed E-state index contributed by atoms with van der Waals surface area (Å²) in [7, 11) is 1.68. The van der Waals surface area contributed by atoms with E-state index in [1.165, 1.54) is 5.56 Å². The molecule has 4 nitrogen and oxygen atoms in total. The molecule has 4 heteroatoms. The molecule has 3 rings (SSSR count). The molecule has 3 aromatic rings. The summed E-state index contributed by atoms with van der Waals surface area (Å²) < 4.78 is 5.14. The van der Waals surface area contributed by atoms with Gasteiger partial charge in [0.15, 0.2) is 0 Å². The second-order valence-electron chi connectivity index (χ2n) is 4.69. The van der Waals surface area contributed by atoms with Crippen LogP contribution in [0.25, 0.3) is 11.0 Å². The summed E-state index contributed by atoms with van der Waals surface area (Å²) in [6.45, 7) is 1.62. The van der Waals surface area contributed by atoms with Crippen LogP contribution in [0, 0.1) is 0 Å². The fourth-order valence-electron chi connectivity index (χ4n) is 2.19. The van der Waals surface area contributed by atoms with E-state index in [4.69, 9.17) is 4.74 Å². The first-order chi connectivity index (χ1) is 9.85. The van der Waals surface area contributed by atoms with Crippen LogP contribution in [0.2, 0.25) is 0 Å². The van der Waals surface area contributed by atoms with Crippen LogP contribution in [-0.4, -0.2) is 17.1 Å². The minimum atomic E-state index is 0.794. The van der Waals surface area contributed by atoms with Crippen LogP contribution in [-0.2, 0) is 13.1 Å². The molecule has 0 bridgehead atoms. The number of nitrogens with zero attached hydrogens (tertiary/aromatic N) is 1. The zero-order chi connectivity index (χ0) is 13.8. The van der Waals surface area contributed by atoms with E-state index in [-0.39, 0.29) is 0 Å². The van der Waals surface area contributed by atoms with Gasteiger partial charge in [-0.1, -0.05) is 12.1 Å². The van der Waals surface area contributed by atoms with Gasteiger partial charge in [-0.25, -0.2) is 4.98 Å². The van der Waals surface area contributed by atoms with E-state index < -0.39 is 0 Å². The highest BCUT2D eigenvalue weighted by Gasteiger charge is 2.00. The number of methoxy groups -OCH3 is 1. The standard InChI is InChI=1S/C16H17N3O/c1-20-15-6-4-12(5-7-15)10-17-11-14-9-13-3-2-8-18-16(13)19-14/h2-9,17H,10-11H2,1H3,(H,18,19). The van der Waals surface area contributed by atoms with Gasteiger partial charge in [0.05, 0.1) is 7.11 Å². The lowest BCUT2D eigenvalue weighted by atomic mass is 10.2. The molecule has 1 aromatic carbocycles. The lowest BCUT2D eigenvalue weighted by Crippen LogP contribution is -2.12. The lowest BCUT2D eigenvalue weighted by molar-refractivity contribution is 0.414. The van der Waals surface area contributed by atoms with Crippen LogP contribution >= 0.6 is 0 Å². The minimum absolute atomic E-state index is 0.794. The van der Waals surface area contributed by atoms with E-state index in [0.717, 1.165) is 35.6 Å². The minimum Gasteiger partial charge on any atom is -0.497 e. The first kappa shape index (κ1) is 12.7. The predicted molar refractivity (Wildman–Crippen MR) is 79.6 cm³/mol. The third kappa shape index (κ3) is 2.81. The van der Waals surface area contributed by atoms with Gasteiger partial charge in [0.2, 0.25) is 0 Å². The molecule has 0 amide bonds. The summed E-state index contributed by atoms with van der Waals surface area (Å²) in [6.07, 6.45) is 1.80. The average molecular weight is 267 g/mol. The zero-order valence-electron chi connectivity index (χ0n) is 11.4. The Hall–Kier alpha value is -2.33. The maximum absolute atomic E-state index is 5.14. The maximum atomic E-state index is 5.14. The largest absolute Gasteiger partial charge is 0.497 e. The van der Waals surface area contributed by atoms with E-state index in [1.807, 2.05) is 18.2 Å². The fraction of sp³-hybridized carbons (Fsp3) is 0.188. The van der Waals surface area contributed by atoms with Crippen LogP contribution in [0.4, 0.5) is 0 Å². The number of nitrogens with one attached hydrogen (secondary N) is 2. The fourth-order valence-corrected chi connectivity index (χ4v) is 2.19. The summed E-state index contributed by atoms with van der Waals surface area (Å²) in [6, 6.07) is 14.2. The molecule has 0 fully saturated rings. The first-order valence-corrected chi connectivity index (χ1v) is 6.61. The Balaban J connectivity index is 1.58. The average Bonchev–Trinajstić information content (AvgIpc) is 2.90. The molecule has 0 saturated heterocycles. The summed E-state index contributed by atoms with van der Waals surface area (Å²) in [5, 5.41) is 4.56. The SMILES string of the molecule is COc1ccc(CNCc2cc3cccnc3[nH]2)cc1. The van der Waals surface area contributed by atoms with Gasteiger partial charge in [-0.15, -0.1) is 0 Å². The van der Waals surface area contributed by atoms with Crippen molar-refractivity contribution < 1.29 is 4.74 Å². The van der Waals surface area contributed by atoms with Gasteiger partial charge in [0, 0.05) is 30.4 Å². The molecule has 0 radical (unpaired) electrons. The van der Waals surface area contributed by atoms with E-state index in [1.54, 1.807) is 13.3 Å². The van der Waals surface area contributed by atoms with E-state index >= 15 is 0 Å². The zero-order valence-corrected chi connectivity index (χ0v) is 11.4. The molecule has 0 saturated carbocycles. The first-order valence-electron chi connectivity index (χ1n) is 6.61. The monoisotopic (exact) mass is 267 g/mol. The molecule has 0 aliphatic rings. The Morgan fingerprint density at radius 1 is 1.15 bits per heavy atom. The van der Waals surface area contributed by atoms with Gasteiger partial charge in [-0.2, -0.15) is 0 Å². The molecular formula is C16H17N3O. The lowest BCUT2D eigenvalue weighted by Gasteiger charge is -2.05. The van der Waals surface area contributed by atoms with Crippen molar-refractivity contribution in [2.75, 3.05) is 7.11 Å². The molecule has 102 valence electrons. The van der Waals surface area contributed by atoms with Crippen molar-refractivity contribution >= 4 is 11.0 Å². The molecular weight excluding hydrogens is 250 g/mol. The molecule has 0 aliphatic heterocycles. The van der Waals surface area contributed by atoms with Crippen LogP contribution < -0.4 is 10.1 Å². The molecule has 0 unspecified atom stereocenters. The van der Waals surface area contributed by atoms with Gasteiger partial charge in [-0.3, -0.25) is 0 Å². The Morgan fingerprint density at radius 2 is 2.00 bits per heavy atom. The molecule has 0 spiro atoms. The molecule has 0 aliphatic carbocycles. The third-order valence-corrected chi connectivity index (χ3v) is 3.25. The van der Waals surface area contributed by atoms with Crippen molar-refractivity contribution in [2.45, 2.75) is 13.1 Å². The van der Waals surface area contributed by atoms with Crippen molar-refractivity contribution in [3.05, 3.63) is 59.9 Å². The number of rotatable bonds is 5. The number of aromatic amines is 1. The number of ether oxygens (including phenoxy) is 1. The molecule has 2 N–H and O–H groups in total. The number of pyridine rings is 1. The second-order valence-corrected chi connectivity index (χ2v) is 4.69. The maximum Gasteiger partial charge on any atom is 0.137 e. The van der Waals surface area contributed by atoms with Crippen molar-refractivity contribution in [1.29, 1.82) is 0 Å². The molecule has 0 atom stereocenters. The Kier molecular flexibility index (Phi) is 3.65. The smallest absolute Gasteiger partial charge is 0.137 e. The molecule has 2 aromatic heterocycles. The second kappa shape index (κ2) is 5.75. The Morgan fingerprint density at radius 3 is 2.75 bits per heavy atom. The predicted octanol–water partition coefficient (Wildman–Crippen LogP) is 2.86. The van der Waals surface area contributed by atoms with Crippen molar-refractivity contribution in [1.82, 2.24) is 15.3 Å². The van der Waals surface area contributed by atoms with Crippen molar-refractivity contribution in [2.24, 2.45) is 0 Å². The number of hydrogen-bond donors (Lipinski definition) is 2. The van der Waals surface area contributed by atoms with Gasteiger partial charge in [0.25, 0.3) is 0 Å². The summed E-state index contributed by atoms with van der Waals surface area (Å²) >= 11 is 0. The van der Waals surface area contributed by atoms with Crippen molar-refractivity contribution in [3.8, 4) is 5.75 Å². The van der Waals surface area contributed by atoms with Crippen LogP contribution in [0.5, 0.6) is 5.75 Å². The van der Waals surface area contributed by atoms with Crippen LogP contribution in [0.3, 0.4) is 0 Å². The Bertz CT molecular complexity index is 655. The number of H-pyrrole nitrogens is 1. The highest BCUT2D eigenvalue weighted by molar-refractivity contribution is 5.76. The van der Waals surface area contributed by atoms with Crippen molar-refractivity contribution in [3.63, 3.8) is 0 Å². The summed E-state index contributed by atoms with van der Waals surface area (Å²) in [5.41, 5.74) is 3.32. The van der Waals surface area contributed by atoms with E-state index in [9.17, 15) is 0 Å². The summed E-state index contributed by atoms with van der Waals surface area (Å²) in [4.78, 5) is 7.60. The topological polar surface area (TPSA) is 49.9 Å². The van der Waals surface area contributed by atoms with E-state index in [2.05, 4.69) is 39.6 Å². The third-order valence-electron chi connectivity index (χ3n) is 3.25. The van der Waals surface area contributed by atoms with Gasteiger partial charge < -0.3 is 15.0 Å². The summed E-state index contributed by atoms with van der Waals surface area (Å²) in [5.74, 6) is 0.885. The number of fused-ring (bicyclic) bond motifs is 1. The normalized spacial score (nSPS) is 10.8. The quantitative estimate of drug-likeness (QED) is 0.747. The van der Waals surface area contributed by atoms with Crippen LogP contribution in [0.1, 0.15) is 11.3 Å². The number of benzene rings is 1. The van der Waals surface area contributed by atoms with Gasteiger partial charge in [0.1, 0.15) is 11.4 Å². The van der Waals surface area contributed by atoms with Gasteiger partial charge in [-0.05, 0) is 35.9 Å².